The molecular weight excluding hydrogens is 238 g/mol. The lowest BCUT2D eigenvalue weighted by Crippen LogP contribution is -2.59. The minimum absolute atomic E-state index is 0.241. The maximum Gasteiger partial charge on any atom is 0.242 e. The van der Waals surface area contributed by atoms with Gasteiger partial charge in [0, 0.05) is 32.2 Å². The number of carbonyl (C=O) groups is 1. The number of hydrogen-bond donors (Lipinski definition) is 1. The molecule has 0 aromatic heterocycles. The summed E-state index contributed by atoms with van der Waals surface area (Å²) in [6, 6.07) is 0.589. The van der Waals surface area contributed by atoms with Crippen LogP contribution in [-0.2, 0) is 4.79 Å². The molecule has 0 radical (unpaired) electrons. The number of piperazine rings is 1. The van der Waals surface area contributed by atoms with Crippen LogP contribution in [-0.4, -0.2) is 60.0 Å². The Morgan fingerprint density at radius 2 is 1.95 bits per heavy atom. The highest BCUT2D eigenvalue weighted by atomic mass is 16.2. The second kappa shape index (κ2) is 6.23. The van der Waals surface area contributed by atoms with Crippen LogP contribution in [0.25, 0.3) is 0 Å². The van der Waals surface area contributed by atoms with Crippen LogP contribution in [0.3, 0.4) is 0 Å². The summed E-state index contributed by atoms with van der Waals surface area (Å²) in [6.45, 7) is 11.5. The number of amides is 1. The van der Waals surface area contributed by atoms with Crippen molar-refractivity contribution in [3.05, 3.63) is 0 Å². The Labute approximate surface area is 117 Å². The van der Waals surface area contributed by atoms with Gasteiger partial charge in [-0.15, -0.1) is 0 Å². The van der Waals surface area contributed by atoms with Gasteiger partial charge in [0.25, 0.3) is 0 Å². The van der Waals surface area contributed by atoms with Crippen molar-refractivity contribution in [1.29, 1.82) is 0 Å². The quantitative estimate of drug-likeness (QED) is 0.837. The van der Waals surface area contributed by atoms with E-state index in [-0.39, 0.29) is 5.54 Å². The number of carbonyl (C=O) groups excluding carboxylic acids is 1. The van der Waals surface area contributed by atoms with E-state index in [1.54, 1.807) is 0 Å². The molecule has 1 N–H and O–H groups in total. The van der Waals surface area contributed by atoms with E-state index >= 15 is 0 Å². The smallest absolute Gasteiger partial charge is 0.242 e. The third kappa shape index (κ3) is 3.11. The lowest BCUT2D eigenvalue weighted by Gasteiger charge is -2.41. The van der Waals surface area contributed by atoms with E-state index in [4.69, 9.17) is 0 Å². The van der Waals surface area contributed by atoms with Crippen LogP contribution in [0.5, 0.6) is 0 Å². The van der Waals surface area contributed by atoms with Crippen molar-refractivity contribution in [2.24, 2.45) is 0 Å². The zero-order valence-corrected chi connectivity index (χ0v) is 12.7. The van der Waals surface area contributed by atoms with E-state index in [0.717, 1.165) is 58.4 Å². The van der Waals surface area contributed by atoms with Gasteiger partial charge in [0.05, 0.1) is 5.54 Å². The monoisotopic (exact) mass is 267 g/mol. The fraction of sp³-hybridized carbons (Fsp3) is 0.933. The summed E-state index contributed by atoms with van der Waals surface area (Å²) in [5.41, 5.74) is -0.241. The Kier molecular flexibility index (Phi) is 4.85. The fourth-order valence-corrected chi connectivity index (χ4v) is 3.48. The van der Waals surface area contributed by atoms with Gasteiger partial charge in [0.2, 0.25) is 5.91 Å². The Morgan fingerprint density at radius 1 is 1.26 bits per heavy atom. The molecule has 0 saturated carbocycles. The van der Waals surface area contributed by atoms with Crippen molar-refractivity contribution in [2.45, 2.75) is 58.0 Å². The minimum Gasteiger partial charge on any atom is -0.339 e. The molecule has 0 aromatic rings. The summed E-state index contributed by atoms with van der Waals surface area (Å²) in [5.74, 6) is 0.357. The number of nitrogens with one attached hydrogen (secondary N) is 1. The van der Waals surface area contributed by atoms with Crippen molar-refractivity contribution in [3.8, 4) is 0 Å². The van der Waals surface area contributed by atoms with Gasteiger partial charge in [-0.2, -0.15) is 0 Å². The van der Waals surface area contributed by atoms with Gasteiger partial charge in [0.15, 0.2) is 0 Å². The van der Waals surface area contributed by atoms with E-state index in [9.17, 15) is 4.79 Å². The van der Waals surface area contributed by atoms with Gasteiger partial charge in [-0.25, -0.2) is 0 Å². The molecule has 0 bridgehead atoms. The fourth-order valence-electron chi connectivity index (χ4n) is 3.48. The first kappa shape index (κ1) is 14.8. The topological polar surface area (TPSA) is 35.6 Å². The second-order valence-electron chi connectivity index (χ2n) is 6.28. The van der Waals surface area contributed by atoms with Crippen LogP contribution in [0.1, 0.15) is 46.5 Å². The number of hydrogen-bond acceptors (Lipinski definition) is 3. The van der Waals surface area contributed by atoms with E-state index in [1.807, 2.05) is 0 Å². The number of rotatable bonds is 4. The Hall–Kier alpha value is -0.610. The third-order valence-corrected chi connectivity index (χ3v) is 4.66. The molecule has 2 rings (SSSR count). The standard InChI is InChI=1S/C15H29N3O/c1-4-6-15(7-5-8-16-15)14(19)18-11-9-17(10-12-18)13(2)3/h13,16H,4-12H2,1-3H3. The molecule has 0 aliphatic carbocycles. The summed E-state index contributed by atoms with van der Waals surface area (Å²) in [4.78, 5) is 17.4. The SMILES string of the molecule is CCCC1(C(=O)N2CCN(C(C)C)CC2)CCCN1. The highest BCUT2D eigenvalue weighted by Gasteiger charge is 2.43. The van der Waals surface area contributed by atoms with Crippen molar-refractivity contribution < 1.29 is 4.79 Å². The van der Waals surface area contributed by atoms with Gasteiger partial charge in [-0.05, 0) is 39.7 Å². The van der Waals surface area contributed by atoms with Crippen LogP contribution in [0, 0.1) is 0 Å². The maximum absolute atomic E-state index is 12.8. The molecule has 2 saturated heterocycles. The molecule has 110 valence electrons. The van der Waals surface area contributed by atoms with Gasteiger partial charge in [-0.3, -0.25) is 9.69 Å². The summed E-state index contributed by atoms with van der Waals surface area (Å²) >= 11 is 0. The van der Waals surface area contributed by atoms with Crippen LogP contribution in [0.2, 0.25) is 0 Å². The largest absolute Gasteiger partial charge is 0.339 e. The molecule has 1 unspecified atom stereocenters. The molecule has 2 heterocycles. The average molecular weight is 267 g/mol. The zero-order chi connectivity index (χ0) is 13.9. The first-order valence-electron chi connectivity index (χ1n) is 7.87. The molecule has 2 fully saturated rings. The summed E-state index contributed by atoms with van der Waals surface area (Å²) in [5, 5.41) is 3.50. The van der Waals surface area contributed by atoms with Gasteiger partial charge < -0.3 is 10.2 Å². The highest BCUT2D eigenvalue weighted by Crippen LogP contribution is 2.27. The van der Waals surface area contributed by atoms with E-state index in [2.05, 4.69) is 35.9 Å². The van der Waals surface area contributed by atoms with Gasteiger partial charge >= 0.3 is 0 Å². The lowest BCUT2D eigenvalue weighted by atomic mass is 9.90. The van der Waals surface area contributed by atoms with E-state index in [0.29, 0.717) is 11.9 Å². The normalized spacial score (nSPS) is 29.2. The van der Waals surface area contributed by atoms with Crippen LogP contribution in [0.4, 0.5) is 0 Å². The maximum atomic E-state index is 12.8. The molecule has 1 atom stereocenters. The average Bonchev–Trinajstić information content (AvgIpc) is 2.88. The highest BCUT2D eigenvalue weighted by molar-refractivity contribution is 5.87. The van der Waals surface area contributed by atoms with Crippen molar-refractivity contribution in [3.63, 3.8) is 0 Å². The predicted octanol–water partition coefficient (Wildman–Crippen LogP) is 1.46. The molecule has 19 heavy (non-hydrogen) atoms. The summed E-state index contributed by atoms with van der Waals surface area (Å²) in [6.07, 6.45) is 4.21. The molecular formula is C15H29N3O. The van der Waals surface area contributed by atoms with Gasteiger partial charge in [-0.1, -0.05) is 13.3 Å². The number of nitrogens with zero attached hydrogens (tertiary/aromatic N) is 2. The second-order valence-corrected chi connectivity index (χ2v) is 6.28. The van der Waals surface area contributed by atoms with Crippen molar-refractivity contribution in [1.82, 2.24) is 15.1 Å². The molecule has 0 spiro atoms. The van der Waals surface area contributed by atoms with E-state index in [1.165, 1.54) is 0 Å². The zero-order valence-electron chi connectivity index (χ0n) is 12.7. The predicted molar refractivity (Wildman–Crippen MR) is 78.2 cm³/mol. The molecule has 0 aromatic carbocycles. The third-order valence-electron chi connectivity index (χ3n) is 4.66. The van der Waals surface area contributed by atoms with Crippen LogP contribution >= 0.6 is 0 Å². The molecule has 2 aliphatic heterocycles. The van der Waals surface area contributed by atoms with Crippen molar-refractivity contribution >= 4 is 5.91 Å². The van der Waals surface area contributed by atoms with Crippen molar-refractivity contribution in [2.75, 3.05) is 32.7 Å². The first-order valence-corrected chi connectivity index (χ1v) is 7.87. The summed E-state index contributed by atoms with van der Waals surface area (Å²) < 4.78 is 0. The molecule has 4 heteroatoms. The Bertz CT molecular complexity index is 303. The minimum atomic E-state index is -0.241. The Balaban J connectivity index is 1.96. The Morgan fingerprint density at radius 3 is 2.42 bits per heavy atom. The molecule has 2 aliphatic rings. The van der Waals surface area contributed by atoms with Crippen LogP contribution < -0.4 is 5.32 Å². The van der Waals surface area contributed by atoms with Crippen LogP contribution in [0.15, 0.2) is 0 Å². The van der Waals surface area contributed by atoms with Gasteiger partial charge in [0.1, 0.15) is 0 Å². The first-order chi connectivity index (χ1) is 9.09. The lowest BCUT2D eigenvalue weighted by molar-refractivity contribution is -0.140. The molecule has 1 amide bonds. The molecule has 4 nitrogen and oxygen atoms in total. The summed E-state index contributed by atoms with van der Waals surface area (Å²) in [7, 11) is 0. The van der Waals surface area contributed by atoms with E-state index < -0.39 is 0 Å².